The van der Waals surface area contributed by atoms with E-state index in [4.69, 9.17) is 0 Å². The molecular weight excluding hydrogens is 286 g/mol. The van der Waals surface area contributed by atoms with Gasteiger partial charge in [-0.2, -0.15) is 0 Å². The summed E-state index contributed by atoms with van der Waals surface area (Å²) in [5.74, 6) is -0.0296. The number of aromatic nitrogens is 1. The van der Waals surface area contributed by atoms with Crippen LogP contribution in [0.1, 0.15) is 15.9 Å². The molecule has 0 aliphatic rings. The summed E-state index contributed by atoms with van der Waals surface area (Å²) < 4.78 is 0. The van der Waals surface area contributed by atoms with Crippen LogP contribution in [0, 0.1) is 0 Å². The maximum Gasteiger partial charge on any atom is 0.251 e. The highest BCUT2D eigenvalue weighted by atomic mass is 16.1. The van der Waals surface area contributed by atoms with Gasteiger partial charge in [0.05, 0.1) is 0 Å². The molecule has 1 amide bonds. The van der Waals surface area contributed by atoms with E-state index in [9.17, 15) is 4.79 Å². The smallest absolute Gasteiger partial charge is 0.251 e. The predicted octanol–water partition coefficient (Wildman–Crippen LogP) is 3.21. The minimum Gasteiger partial charge on any atom is -0.378 e. The topological polar surface area (TPSA) is 48.1 Å². The van der Waals surface area contributed by atoms with Crippen molar-refractivity contribution in [3.05, 3.63) is 65.9 Å². The number of hydrogen-bond donors (Lipinski definition) is 2. The molecule has 4 heteroatoms. The molecule has 0 aliphatic carbocycles. The second kappa shape index (κ2) is 6.57. The lowest BCUT2D eigenvalue weighted by molar-refractivity contribution is 0.0954. The number of H-pyrrole nitrogens is 1. The molecule has 0 spiro atoms. The van der Waals surface area contributed by atoms with E-state index in [0.717, 1.165) is 17.6 Å². The number of nitrogens with one attached hydrogen (secondary N) is 2. The molecular formula is C19H21N3O. The van der Waals surface area contributed by atoms with Gasteiger partial charge in [-0.1, -0.05) is 6.07 Å². The van der Waals surface area contributed by atoms with Crippen LogP contribution in [-0.4, -0.2) is 31.5 Å². The van der Waals surface area contributed by atoms with Crippen molar-refractivity contribution in [2.75, 3.05) is 25.5 Å². The van der Waals surface area contributed by atoms with Gasteiger partial charge < -0.3 is 15.2 Å². The summed E-state index contributed by atoms with van der Waals surface area (Å²) in [6, 6.07) is 16.0. The average Bonchev–Trinajstić information content (AvgIpc) is 3.02. The van der Waals surface area contributed by atoms with E-state index in [0.29, 0.717) is 12.1 Å². The molecule has 0 saturated carbocycles. The van der Waals surface area contributed by atoms with Gasteiger partial charge in [0.25, 0.3) is 5.91 Å². The Morgan fingerprint density at radius 3 is 2.61 bits per heavy atom. The van der Waals surface area contributed by atoms with Gasteiger partial charge in [0, 0.05) is 43.6 Å². The molecule has 0 saturated heterocycles. The third-order valence-electron chi connectivity index (χ3n) is 3.96. The number of carbonyl (C=O) groups excluding carboxylic acids is 1. The summed E-state index contributed by atoms with van der Waals surface area (Å²) >= 11 is 0. The highest BCUT2D eigenvalue weighted by Crippen LogP contribution is 2.15. The lowest BCUT2D eigenvalue weighted by Crippen LogP contribution is -2.25. The third-order valence-corrected chi connectivity index (χ3v) is 3.96. The first-order valence-corrected chi connectivity index (χ1v) is 7.75. The fourth-order valence-corrected chi connectivity index (χ4v) is 2.59. The van der Waals surface area contributed by atoms with E-state index >= 15 is 0 Å². The zero-order valence-corrected chi connectivity index (χ0v) is 13.5. The zero-order chi connectivity index (χ0) is 16.2. The van der Waals surface area contributed by atoms with Gasteiger partial charge in [-0.05, 0) is 59.8 Å². The Morgan fingerprint density at radius 2 is 1.87 bits per heavy atom. The van der Waals surface area contributed by atoms with Crippen molar-refractivity contribution in [2.24, 2.45) is 0 Å². The van der Waals surface area contributed by atoms with Crippen molar-refractivity contribution < 1.29 is 4.79 Å². The predicted molar refractivity (Wildman–Crippen MR) is 95.1 cm³/mol. The van der Waals surface area contributed by atoms with E-state index in [1.54, 1.807) is 0 Å². The van der Waals surface area contributed by atoms with Crippen LogP contribution < -0.4 is 10.2 Å². The highest BCUT2D eigenvalue weighted by molar-refractivity contribution is 5.94. The van der Waals surface area contributed by atoms with Crippen LogP contribution in [-0.2, 0) is 6.42 Å². The molecule has 2 N–H and O–H groups in total. The van der Waals surface area contributed by atoms with Gasteiger partial charge in [-0.25, -0.2) is 0 Å². The molecule has 0 unspecified atom stereocenters. The Kier molecular flexibility index (Phi) is 4.33. The summed E-state index contributed by atoms with van der Waals surface area (Å²) in [6.45, 7) is 0.629. The summed E-state index contributed by atoms with van der Waals surface area (Å²) in [6.07, 6.45) is 2.76. The van der Waals surface area contributed by atoms with Crippen molar-refractivity contribution in [3.8, 4) is 0 Å². The number of benzene rings is 2. The van der Waals surface area contributed by atoms with Gasteiger partial charge in [0.1, 0.15) is 0 Å². The molecule has 23 heavy (non-hydrogen) atoms. The summed E-state index contributed by atoms with van der Waals surface area (Å²) in [5, 5.41) is 4.18. The normalized spacial score (nSPS) is 10.7. The van der Waals surface area contributed by atoms with E-state index in [-0.39, 0.29) is 5.91 Å². The van der Waals surface area contributed by atoms with Gasteiger partial charge in [-0.3, -0.25) is 4.79 Å². The molecule has 118 valence electrons. The Bertz CT molecular complexity index is 803. The molecule has 3 aromatic rings. The molecule has 0 fully saturated rings. The number of fused-ring (bicyclic) bond motifs is 1. The molecule has 1 aromatic heterocycles. The number of rotatable bonds is 5. The molecule has 1 heterocycles. The number of anilines is 1. The van der Waals surface area contributed by atoms with Crippen molar-refractivity contribution in [1.29, 1.82) is 0 Å². The SMILES string of the molecule is CN(C)c1ccc(C(=O)NCCc2ccc3[nH]ccc3c2)cc1. The average molecular weight is 307 g/mol. The molecule has 0 bridgehead atoms. The van der Waals surface area contributed by atoms with Crippen LogP contribution >= 0.6 is 0 Å². The summed E-state index contributed by atoms with van der Waals surface area (Å²) in [5.41, 5.74) is 4.14. The second-order valence-electron chi connectivity index (χ2n) is 5.85. The monoisotopic (exact) mass is 307 g/mol. The highest BCUT2D eigenvalue weighted by Gasteiger charge is 2.05. The lowest BCUT2D eigenvalue weighted by atomic mass is 10.1. The van der Waals surface area contributed by atoms with Crippen LogP contribution in [0.4, 0.5) is 5.69 Å². The number of amides is 1. The molecule has 4 nitrogen and oxygen atoms in total. The Morgan fingerprint density at radius 1 is 1.09 bits per heavy atom. The maximum absolute atomic E-state index is 12.2. The molecule has 3 rings (SSSR count). The Hall–Kier alpha value is -2.75. The molecule has 0 atom stereocenters. The van der Waals surface area contributed by atoms with Crippen LogP contribution in [0.15, 0.2) is 54.7 Å². The van der Waals surface area contributed by atoms with Gasteiger partial charge in [0.2, 0.25) is 0 Å². The first kappa shape index (κ1) is 15.2. The minimum atomic E-state index is -0.0296. The van der Waals surface area contributed by atoms with E-state index in [2.05, 4.69) is 34.6 Å². The van der Waals surface area contributed by atoms with Crippen molar-refractivity contribution in [3.63, 3.8) is 0 Å². The fourth-order valence-electron chi connectivity index (χ4n) is 2.59. The molecule has 2 aromatic carbocycles. The largest absolute Gasteiger partial charge is 0.378 e. The standard InChI is InChI=1S/C19H21N3O/c1-22(2)17-6-4-15(5-7-17)19(23)21-11-9-14-3-8-18-16(13-14)10-12-20-18/h3-8,10,12-13,20H,9,11H2,1-2H3,(H,21,23). The van der Waals surface area contributed by atoms with Crippen LogP contribution in [0.2, 0.25) is 0 Å². The molecule has 0 radical (unpaired) electrons. The zero-order valence-electron chi connectivity index (χ0n) is 13.5. The van der Waals surface area contributed by atoms with Crippen molar-refractivity contribution >= 4 is 22.5 Å². The number of carbonyl (C=O) groups is 1. The summed E-state index contributed by atoms with van der Waals surface area (Å²) in [7, 11) is 3.97. The number of aromatic amines is 1. The third kappa shape index (κ3) is 3.54. The number of hydrogen-bond acceptors (Lipinski definition) is 2. The van der Waals surface area contributed by atoms with Crippen molar-refractivity contribution in [1.82, 2.24) is 10.3 Å². The maximum atomic E-state index is 12.2. The van der Waals surface area contributed by atoms with Crippen molar-refractivity contribution in [2.45, 2.75) is 6.42 Å². The van der Waals surface area contributed by atoms with Gasteiger partial charge in [-0.15, -0.1) is 0 Å². The van der Waals surface area contributed by atoms with Crippen LogP contribution in [0.5, 0.6) is 0 Å². The number of nitrogens with zero attached hydrogens (tertiary/aromatic N) is 1. The second-order valence-corrected chi connectivity index (χ2v) is 5.85. The van der Waals surface area contributed by atoms with E-state index in [1.165, 1.54) is 10.9 Å². The fraction of sp³-hybridized carbons (Fsp3) is 0.211. The first-order chi connectivity index (χ1) is 11.1. The Labute approximate surface area is 136 Å². The Balaban J connectivity index is 1.56. The quantitative estimate of drug-likeness (QED) is 0.760. The van der Waals surface area contributed by atoms with Crippen LogP contribution in [0.3, 0.4) is 0 Å². The van der Waals surface area contributed by atoms with Crippen LogP contribution in [0.25, 0.3) is 10.9 Å². The van der Waals surface area contributed by atoms with E-state index < -0.39 is 0 Å². The summed E-state index contributed by atoms with van der Waals surface area (Å²) in [4.78, 5) is 17.4. The van der Waals surface area contributed by atoms with Gasteiger partial charge in [0.15, 0.2) is 0 Å². The van der Waals surface area contributed by atoms with E-state index in [1.807, 2.05) is 49.5 Å². The minimum absolute atomic E-state index is 0.0296. The molecule has 0 aliphatic heterocycles. The van der Waals surface area contributed by atoms with Gasteiger partial charge >= 0.3 is 0 Å². The first-order valence-electron chi connectivity index (χ1n) is 7.75. The lowest BCUT2D eigenvalue weighted by Gasteiger charge is -2.12.